The number of carbonyl (C=O) groups excluding carboxylic acids is 6. The van der Waals surface area contributed by atoms with Crippen molar-refractivity contribution < 1.29 is 91.3 Å². The molecule has 4 aliphatic rings. The molecule has 33 nitrogen and oxygen atoms in total. The minimum atomic E-state index is -3.98. The molecular weight excluding hydrogens is 1630 g/mol. The molecule has 0 saturated carbocycles. The summed E-state index contributed by atoms with van der Waals surface area (Å²) in [4.78, 5) is 91.5. The van der Waals surface area contributed by atoms with Gasteiger partial charge in [0.05, 0.1) is 50.5 Å². The predicted molar refractivity (Wildman–Crippen MR) is 452 cm³/mol. The number of benzene rings is 1. The number of β-amino-alcohol motifs (C(OH)–C–C–N with tert-alkyl or cyclic N) is 2. The van der Waals surface area contributed by atoms with E-state index in [1.165, 1.54) is 62.0 Å². The zero-order valence-electron chi connectivity index (χ0n) is 70.9. The minimum Gasteiger partial charge on any atom is -0.497 e. The standard InChI is InChI=1S/C28H34N4O7S.C23H38N4O6S.C12H19N3O3S.C12H16N2O2S.C8H14O2/c1-17(2)11-22(31-28(35)25-14-19-13-20(38-4)8-9-24(19)39-25)27(34)30-21-12-18(3)15-32(16-23(21)33)40(36,37)26-7-5-6-10-29-26;1-15(2)11-18(26-22(30)33-23(4,5)6)21(29)25-17-12-16(3)13-27(14-19(17)28)34(31,32)20-9-7-8-10-24-20;1-9-6-10(13)11(16)8-15(7-9)19(17,18)12-4-2-3-5-14-12;1-11-6-3-5-9-14(10-11)17(15,16)12-7-2-4-8-13-12;1-4-6-7(3)8(9)10-5-2/h5-10,13-14,17-18,21-22H,11-12,15-16H2,1-4H3,(H,30,34)(H,31,35);7-10,15-19,28H,11-14H2,1-6H3,(H,25,29)(H,26,30);2-5,9-11,16H,6-8,13H2,1H3;2-5,7-8,11H,6,9-10H2,1H3;4,7H,1,5-6H2,2-3H3/t18-,21-,22-;16-,17?,18-,19?;9-,10-,11-;11-;/m0000./s1. The molecule has 10 rings (SSSR count). The number of carbonyl (C=O) groups is 6. The van der Waals surface area contributed by atoms with Crippen LogP contribution in [0, 0.1) is 41.4 Å². The molecule has 3 unspecified atom stereocenters. The largest absolute Gasteiger partial charge is 0.497 e. The topological polar surface area (TPSA) is 459 Å². The fourth-order valence-electron chi connectivity index (χ4n) is 13.3. The molecule has 8 N–H and O–H groups in total. The molecule has 9 heterocycles. The van der Waals surface area contributed by atoms with E-state index in [-0.39, 0.29) is 106 Å². The summed E-state index contributed by atoms with van der Waals surface area (Å²) in [7, 11) is -13.4. The summed E-state index contributed by atoms with van der Waals surface area (Å²) in [6, 6.07) is 21.8. The van der Waals surface area contributed by atoms with E-state index in [4.69, 9.17) is 24.4 Å². The maximum atomic E-state index is 13.4. The van der Waals surface area contributed by atoms with Crippen LogP contribution in [0.5, 0.6) is 5.75 Å². The van der Waals surface area contributed by atoms with E-state index in [9.17, 15) is 72.7 Å². The number of rotatable bonds is 24. The third-order valence-corrected chi connectivity index (χ3v) is 26.3. The zero-order valence-corrected chi connectivity index (χ0v) is 74.2. The number of ether oxygens (including phenoxy) is 3. The van der Waals surface area contributed by atoms with Crippen molar-refractivity contribution in [1.29, 1.82) is 0 Å². The van der Waals surface area contributed by atoms with Crippen LogP contribution in [0.4, 0.5) is 4.79 Å². The fourth-order valence-corrected chi connectivity index (χ4v) is 19.3. The van der Waals surface area contributed by atoms with E-state index in [1.54, 1.807) is 114 Å². The highest BCUT2D eigenvalue weighted by Crippen LogP contribution is 2.29. The second kappa shape index (κ2) is 46.3. The molecule has 12 atom stereocenters. The molecule has 4 amide bonds. The van der Waals surface area contributed by atoms with Crippen molar-refractivity contribution >= 4 is 86.6 Å². The van der Waals surface area contributed by atoms with Gasteiger partial charge in [0.2, 0.25) is 11.8 Å². The van der Waals surface area contributed by atoms with Gasteiger partial charge >= 0.3 is 12.1 Å². The summed E-state index contributed by atoms with van der Waals surface area (Å²) in [5, 5.41) is 32.3. The molecule has 0 aliphatic carbocycles. The molecule has 0 radical (unpaired) electrons. The van der Waals surface area contributed by atoms with Gasteiger partial charge in [0, 0.05) is 82.0 Å². The van der Waals surface area contributed by atoms with Gasteiger partial charge in [0.25, 0.3) is 46.0 Å². The summed E-state index contributed by atoms with van der Waals surface area (Å²) < 4.78 is 128. The number of aromatic nitrogens is 4. The number of hydrogen-bond acceptors (Lipinski definition) is 25. The van der Waals surface area contributed by atoms with Gasteiger partial charge in [0.1, 0.15) is 29.0 Å². The van der Waals surface area contributed by atoms with Crippen LogP contribution in [0.3, 0.4) is 0 Å². The van der Waals surface area contributed by atoms with Gasteiger partial charge in [-0.25, -0.2) is 58.4 Å². The molecule has 120 heavy (non-hydrogen) atoms. The van der Waals surface area contributed by atoms with Crippen LogP contribution < -0.4 is 31.7 Å². The van der Waals surface area contributed by atoms with Gasteiger partial charge in [-0.3, -0.25) is 24.0 Å². The Labute approximate surface area is 706 Å². The van der Waals surface area contributed by atoms with E-state index in [2.05, 4.69) is 54.7 Å². The van der Waals surface area contributed by atoms with Crippen LogP contribution in [0.15, 0.2) is 171 Å². The number of hydrogen-bond donors (Lipinski definition) is 7. The first-order chi connectivity index (χ1) is 56.4. The molecule has 662 valence electrons. The van der Waals surface area contributed by atoms with Crippen molar-refractivity contribution in [2.75, 3.05) is 66.1 Å². The smallest absolute Gasteiger partial charge is 0.408 e. The molecule has 4 aliphatic heterocycles. The van der Waals surface area contributed by atoms with Crippen molar-refractivity contribution in [3.05, 3.63) is 152 Å². The fraction of sp³-hybridized carbons (Fsp3) is 0.542. The Balaban J connectivity index is 0.000000250. The second-order valence-corrected chi connectivity index (χ2v) is 39.9. The molecule has 3 fully saturated rings. The summed E-state index contributed by atoms with van der Waals surface area (Å²) in [5.41, 5.74) is 5.61. The van der Waals surface area contributed by atoms with Gasteiger partial charge < -0.3 is 55.8 Å². The number of allylic oxidation sites excluding steroid dienone is 2. The summed E-state index contributed by atoms with van der Waals surface area (Å²) in [6.07, 6.45) is 12.3. The van der Waals surface area contributed by atoms with Crippen LogP contribution in [0.2, 0.25) is 0 Å². The number of fused-ring (bicyclic) bond motifs is 1. The predicted octanol–water partition coefficient (Wildman–Crippen LogP) is 7.89. The maximum absolute atomic E-state index is 13.4. The monoisotopic (exact) mass is 1750 g/mol. The Hall–Kier alpha value is -9.02. The first-order valence-corrected chi connectivity index (χ1v) is 45.9. The van der Waals surface area contributed by atoms with Gasteiger partial charge in [-0.2, -0.15) is 17.2 Å². The number of esters is 1. The lowest BCUT2D eigenvalue weighted by Crippen LogP contribution is -2.54. The molecule has 0 bridgehead atoms. The molecule has 6 aromatic rings. The normalized spacial score (nSPS) is 21.9. The second-order valence-electron chi connectivity index (χ2n) is 32.4. The molecule has 37 heteroatoms. The first-order valence-electron chi connectivity index (χ1n) is 40.1. The Kier molecular flexibility index (Phi) is 38.5. The van der Waals surface area contributed by atoms with Crippen molar-refractivity contribution in [3.8, 4) is 5.75 Å². The Bertz CT molecular complexity index is 4820. The van der Waals surface area contributed by atoms with Crippen LogP contribution in [0.25, 0.3) is 11.0 Å². The maximum Gasteiger partial charge on any atom is 0.408 e. The average Bonchev–Trinajstić information content (AvgIpc) is 1.74. The molecule has 5 aromatic heterocycles. The summed E-state index contributed by atoms with van der Waals surface area (Å²) in [5.74, 6) is -1.24. The number of nitrogens with zero attached hydrogens (tertiary/aromatic N) is 8. The van der Waals surface area contributed by atoms with Crippen LogP contribution in [-0.4, -0.2) is 231 Å². The van der Waals surface area contributed by atoms with Crippen molar-refractivity contribution in [1.82, 2.24) is 58.4 Å². The molecule has 1 aromatic carbocycles. The van der Waals surface area contributed by atoms with E-state index in [0.29, 0.717) is 81.0 Å². The number of alkyl carbamates (subject to hydrolysis) is 1. The number of furan rings is 1. The van der Waals surface area contributed by atoms with Crippen LogP contribution in [0.1, 0.15) is 146 Å². The highest BCUT2D eigenvalue weighted by atomic mass is 32.2. The van der Waals surface area contributed by atoms with E-state index >= 15 is 0 Å². The number of aliphatic hydroxyl groups excluding tert-OH is 2. The number of aliphatic hydroxyl groups is 2. The van der Waals surface area contributed by atoms with Gasteiger partial charge in [-0.05, 0) is 181 Å². The molecular formula is C83H121N13O20S4. The number of pyridine rings is 4. The molecule has 0 spiro atoms. The summed E-state index contributed by atoms with van der Waals surface area (Å²) in [6.45, 7) is 29.3. The number of nitrogens with two attached hydrogens (primary N) is 1. The lowest BCUT2D eigenvalue weighted by Gasteiger charge is -2.28. The third kappa shape index (κ3) is 30.5. The average molecular weight is 1750 g/mol. The number of Topliss-reactive ketones (excluding diaryl/α,β-unsaturated/α-hetero) is 1. The SMILES string of the molecule is C=CCC(C)C(=O)OCC.CC(C)C[C@H](NC(=O)OC(C)(C)C)C(=O)NC1C[C@H](C)CN(S(=O)(=O)c2ccccn2)CC1O.COc1ccc2oc(C(=O)N[C@@H](CC(C)C)C(=O)N[C@H]3C[C@H](C)CN(S(=O)(=O)c4ccccn4)CC3=O)cc2c1.C[C@H]1CC=CCN(S(=O)(=O)c2ccccn2)C1.C[C@H]1C[C@H](N)[C@@H](O)CN(S(=O)(=O)c2ccccn2)C1. The zero-order chi connectivity index (χ0) is 89.0. The van der Waals surface area contributed by atoms with Gasteiger partial charge in [-0.1, -0.05) is 105 Å². The number of sulfonamides is 4. The van der Waals surface area contributed by atoms with Crippen molar-refractivity contribution in [2.45, 2.75) is 203 Å². The van der Waals surface area contributed by atoms with Crippen molar-refractivity contribution in [2.24, 2.45) is 47.2 Å². The van der Waals surface area contributed by atoms with Crippen molar-refractivity contribution in [3.63, 3.8) is 0 Å². The Morgan fingerprint density at radius 3 is 1.56 bits per heavy atom. The lowest BCUT2D eigenvalue weighted by molar-refractivity contribution is -0.147. The number of methoxy groups -OCH3 is 1. The van der Waals surface area contributed by atoms with E-state index in [0.717, 1.165) is 10.7 Å². The van der Waals surface area contributed by atoms with Gasteiger partial charge in [0.15, 0.2) is 31.6 Å². The third-order valence-electron chi connectivity index (χ3n) is 19.3. The Morgan fingerprint density at radius 2 is 1.07 bits per heavy atom. The highest BCUT2D eigenvalue weighted by Gasteiger charge is 2.41. The number of ketones is 1. The lowest BCUT2D eigenvalue weighted by atomic mass is 9.98. The first kappa shape index (κ1) is 99.8. The van der Waals surface area contributed by atoms with E-state index < -0.39 is 118 Å². The molecule has 3 saturated heterocycles. The highest BCUT2D eigenvalue weighted by molar-refractivity contribution is 7.90. The Morgan fingerprint density at radius 1 is 0.608 bits per heavy atom. The quantitative estimate of drug-likeness (QED) is 0.0223. The summed E-state index contributed by atoms with van der Waals surface area (Å²) >= 11 is 0. The minimum absolute atomic E-state index is 0.00451. The van der Waals surface area contributed by atoms with Crippen LogP contribution in [-0.2, 0) is 68.7 Å². The number of amides is 4. The van der Waals surface area contributed by atoms with Crippen LogP contribution >= 0.6 is 0 Å². The number of nitrogens with one attached hydrogen (secondary N) is 4. The van der Waals surface area contributed by atoms with E-state index in [1.807, 2.05) is 67.5 Å². The van der Waals surface area contributed by atoms with Gasteiger partial charge in [-0.15, -0.1) is 6.58 Å².